The normalized spacial score (nSPS) is 12.0. The van der Waals surface area contributed by atoms with Gasteiger partial charge in [-0.1, -0.05) is 19.8 Å². The smallest absolute Gasteiger partial charge is 0.321 e. The molecule has 0 aromatic heterocycles. The monoisotopic (exact) mass is 595 g/mol. The maximum Gasteiger partial charge on any atom is 0.321 e. The van der Waals surface area contributed by atoms with Crippen LogP contribution in [0.1, 0.15) is 31.7 Å². The summed E-state index contributed by atoms with van der Waals surface area (Å²) in [5.74, 6) is 0.722. The summed E-state index contributed by atoms with van der Waals surface area (Å²) >= 11 is 4.40. The van der Waals surface area contributed by atoms with E-state index in [9.17, 15) is 15.0 Å². The lowest BCUT2D eigenvalue weighted by atomic mass is 10.1. The van der Waals surface area contributed by atoms with Crippen molar-refractivity contribution in [1.82, 2.24) is 5.32 Å². The van der Waals surface area contributed by atoms with Crippen molar-refractivity contribution in [3.05, 3.63) is 49.1 Å². The van der Waals surface area contributed by atoms with Crippen LogP contribution in [0.4, 0.5) is 0 Å². The van der Waals surface area contributed by atoms with Gasteiger partial charge in [0.05, 0.1) is 7.14 Å². The molecule has 0 amide bonds. The van der Waals surface area contributed by atoms with Gasteiger partial charge in [0.25, 0.3) is 0 Å². The third-order valence-electron chi connectivity index (χ3n) is 4.02. The van der Waals surface area contributed by atoms with Gasteiger partial charge in [0.1, 0.15) is 17.5 Å². The average Bonchev–Trinajstić information content (AvgIpc) is 2.62. The largest absolute Gasteiger partial charge is 0.508 e. The molecule has 2 aromatic rings. The van der Waals surface area contributed by atoms with Gasteiger partial charge >= 0.3 is 5.97 Å². The molecule has 0 aliphatic rings. The quantitative estimate of drug-likeness (QED) is 0.261. The highest BCUT2D eigenvalue weighted by Crippen LogP contribution is 2.33. The molecule has 0 bridgehead atoms. The standard InChI is InChI=1S/C20H23I2NO4/c1-2-3-4-9-23-18(20(25)26)12-13-10-16(21)19(17(22)11-13)27-15-7-5-14(24)6-8-15/h5-8,10-11,18,23-24H,2-4,9,12H2,1H3,(H,25,26)/t18-/m0/s1. The van der Waals surface area contributed by atoms with Gasteiger partial charge in [-0.05, 0) is 107 Å². The van der Waals surface area contributed by atoms with E-state index in [1.54, 1.807) is 24.3 Å². The first-order chi connectivity index (χ1) is 12.9. The number of unbranched alkanes of at least 4 members (excludes halogenated alkanes) is 2. The van der Waals surface area contributed by atoms with E-state index in [1.165, 1.54) is 0 Å². The Morgan fingerprint density at radius 2 is 1.78 bits per heavy atom. The van der Waals surface area contributed by atoms with E-state index in [0.29, 0.717) is 18.7 Å². The molecule has 0 aliphatic heterocycles. The van der Waals surface area contributed by atoms with Crippen LogP contribution >= 0.6 is 45.2 Å². The Labute approximate surface area is 186 Å². The van der Waals surface area contributed by atoms with Crippen molar-refractivity contribution >= 4 is 51.2 Å². The van der Waals surface area contributed by atoms with Crippen molar-refractivity contribution in [3.8, 4) is 17.2 Å². The highest BCUT2D eigenvalue weighted by atomic mass is 127. The second kappa shape index (κ2) is 11.1. The van der Waals surface area contributed by atoms with Crippen LogP contribution in [0.25, 0.3) is 0 Å². The fourth-order valence-corrected chi connectivity index (χ4v) is 4.71. The first-order valence-electron chi connectivity index (χ1n) is 8.81. The van der Waals surface area contributed by atoms with Crippen LogP contribution in [-0.2, 0) is 11.2 Å². The third kappa shape index (κ3) is 7.11. The van der Waals surface area contributed by atoms with E-state index in [2.05, 4.69) is 57.4 Å². The van der Waals surface area contributed by atoms with Crippen LogP contribution in [0, 0.1) is 7.14 Å². The number of carboxylic acid groups (broad SMARTS) is 1. The second-order valence-corrected chi connectivity index (χ2v) is 8.57. The Bertz CT molecular complexity index is 742. The summed E-state index contributed by atoms with van der Waals surface area (Å²) in [6, 6.07) is 9.88. The van der Waals surface area contributed by atoms with Crippen molar-refractivity contribution in [2.75, 3.05) is 6.54 Å². The summed E-state index contributed by atoms with van der Waals surface area (Å²) in [5.41, 5.74) is 0.956. The molecule has 0 spiro atoms. The maximum absolute atomic E-state index is 11.6. The van der Waals surface area contributed by atoms with E-state index in [1.807, 2.05) is 12.1 Å². The summed E-state index contributed by atoms with van der Waals surface area (Å²) in [5, 5.41) is 22.0. The zero-order valence-electron chi connectivity index (χ0n) is 15.0. The van der Waals surface area contributed by atoms with Crippen LogP contribution in [0.15, 0.2) is 36.4 Å². The molecule has 146 valence electrons. The predicted molar refractivity (Wildman–Crippen MR) is 123 cm³/mol. The van der Waals surface area contributed by atoms with Crippen molar-refractivity contribution in [2.45, 2.75) is 38.6 Å². The number of carboxylic acids is 1. The number of nitrogens with one attached hydrogen (secondary N) is 1. The number of phenolic OH excluding ortho intramolecular Hbond substituents is 1. The zero-order valence-corrected chi connectivity index (χ0v) is 19.4. The summed E-state index contributed by atoms with van der Waals surface area (Å²) in [7, 11) is 0. The lowest BCUT2D eigenvalue weighted by Gasteiger charge is -2.16. The lowest BCUT2D eigenvalue weighted by molar-refractivity contribution is -0.139. The molecule has 0 saturated carbocycles. The molecule has 2 rings (SSSR count). The molecule has 7 heteroatoms. The van der Waals surface area contributed by atoms with E-state index < -0.39 is 12.0 Å². The lowest BCUT2D eigenvalue weighted by Crippen LogP contribution is -2.39. The van der Waals surface area contributed by atoms with E-state index >= 15 is 0 Å². The molecule has 0 heterocycles. The number of phenols is 1. The molecule has 0 saturated heterocycles. The minimum absolute atomic E-state index is 0.188. The second-order valence-electron chi connectivity index (χ2n) is 6.24. The molecule has 0 aliphatic carbocycles. The van der Waals surface area contributed by atoms with Crippen molar-refractivity contribution in [1.29, 1.82) is 0 Å². The number of halogens is 2. The van der Waals surface area contributed by atoms with Gasteiger partial charge in [-0.25, -0.2) is 0 Å². The van der Waals surface area contributed by atoms with Gasteiger partial charge in [-0.15, -0.1) is 0 Å². The zero-order chi connectivity index (χ0) is 19.8. The highest BCUT2D eigenvalue weighted by molar-refractivity contribution is 14.1. The number of aromatic hydroxyl groups is 1. The summed E-state index contributed by atoms with van der Waals surface area (Å²) < 4.78 is 7.77. The Hall–Kier alpha value is -1.07. The number of aliphatic carboxylic acids is 1. The molecule has 0 radical (unpaired) electrons. The summed E-state index contributed by atoms with van der Waals surface area (Å²) in [6.45, 7) is 2.83. The Kier molecular flexibility index (Phi) is 9.10. The maximum atomic E-state index is 11.6. The minimum Gasteiger partial charge on any atom is -0.508 e. The number of carbonyl (C=O) groups is 1. The summed E-state index contributed by atoms with van der Waals surface area (Å²) in [6.07, 6.45) is 3.61. The van der Waals surface area contributed by atoms with Crippen LogP contribution in [0.2, 0.25) is 0 Å². The van der Waals surface area contributed by atoms with Crippen LogP contribution < -0.4 is 10.1 Å². The Morgan fingerprint density at radius 1 is 1.15 bits per heavy atom. The van der Waals surface area contributed by atoms with Gasteiger partial charge in [0.15, 0.2) is 5.75 Å². The van der Waals surface area contributed by atoms with E-state index in [-0.39, 0.29) is 5.75 Å². The summed E-state index contributed by atoms with van der Waals surface area (Å²) in [4.78, 5) is 11.6. The topological polar surface area (TPSA) is 78.8 Å². The number of hydrogen-bond donors (Lipinski definition) is 3. The van der Waals surface area contributed by atoms with Crippen molar-refractivity contribution in [2.24, 2.45) is 0 Å². The number of benzene rings is 2. The van der Waals surface area contributed by atoms with Crippen LogP contribution in [0.5, 0.6) is 17.2 Å². The molecule has 27 heavy (non-hydrogen) atoms. The molecule has 5 nitrogen and oxygen atoms in total. The number of ether oxygens (including phenoxy) is 1. The number of hydrogen-bond acceptors (Lipinski definition) is 4. The molecule has 1 atom stereocenters. The van der Waals surface area contributed by atoms with Crippen LogP contribution in [-0.4, -0.2) is 28.8 Å². The Balaban J connectivity index is 2.09. The van der Waals surface area contributed by atoms with Gasteiger partial charge in [0, 0.05) is 0 Å². The van der Waals surface area contributed by atoms with E-state index in [4.69, 9.17) is 4.74 Å². The van der Waals surface area contributed by atoms with Gasteiger partial charge in [0.2, 0.25) is 0 Å². The SMILES string of the molecule is CCCCCN[C@@H](Cc1cc(I)c(Oc2ccc(O)cc2)c(I)c1)C(=O)O. The predicted octanol–water partition coefficient (Wildman–Crippen LogP) is 5.17. The highest BCUT2D eigenvalue weighted by Gasteiger charge is 2.19. The molecule has 3 N–H and O–H groups in total. The molecular weight excluding hydrogens is 572 g/mol. The fourth-order valence-electron chi connectivity index (χ4n) is 2.59. The van der Waals surface area contributed by atoms with E-state index in [0.717, 1.165) is 37.7 Å². The first-order valence-corrected chi connectivity index (χ1v) is 11.0. The average molecular weight is 595 g/mol. The molecular formula is C20H23I2NO4. The van der Waals surface area contributed by atoms with Gasteiger partial charge < -0.3 is 20.3 Å². The third-order valence-corrected chi connectivity index (χ3v) is 5.63. The van der Waals surface area contributed by atoms with Crippen molar-refractivity contribution < 1.29 is 19.7 Å². The van der Waals surface area contributed by atoms with Gasteiger partial charge in [-0.3, -0.25) is 4.79 Å². The van der Waals surface area contributed by atoms with Gasteiger partial charge in [-0.2, -0.15) is 0 Å². The molecule has 0 fully saturated rings. The minimum atomic E-state index is -0.832. The molecule has 0 unspecified atom stereocenters. The first kappa shape index (κ1) is 22.2. The number of rotatable bonds is 10. The fraction of sp³-hybridized carbons (Fsp3) is 0.350. The van der Waals surface area contributed by atoms with Crippen molar-refractivity contribution in [3.63, 3.8) is 0 Å². The molecule has 2 aromatic carbocycles. The Morgan fingerprint density at radius 3 is 2.33 bits per heavy atom. The van der Waals surface area contributed by atoms with Crippen LogP contribution in [0.3, 0.4) is 0 Å².